The van der Waals surface area contributed by atoms with E-state index in [1.54, 1.807) is 14.2 Å². The second-order valence-corrected chi connectivity index (χ2v) is 8.81. The number of nitrogens with one attached hydrogen (secondary N) is 1. The minimum Gasteiger partial charge on any atom is -0.444 e. The molecule has 1 unspecified atom stereocenters. The zero-order chi connectivity index (χ0) is 19.3. The Morgan fingerprint density at radius 2 is 1.72 bits per heavy atom. The van der Waals surface area contributed by atoms with Gasteiger partial charge in [0.15, 0.2) is 0 Å². The van der Waals surface area contributed by atoms with Gasteiger partial charge in [0.2, 0.25) is 0 Å². The first-order chi connectivity index (χ1) is 11.4. The van der Waals surface area contributed by atoms with Crippen molar-refractivity contribution in [2.75, 3.05) is 40.5 Å². The number of hydrogen-bond acceptors (Lipinski definition) is 5. The maximum absolute atomic E-state index is 12.3. The largest absolute Gasteiger partial charge is 0.444 e. The third kappa shape index (κ3) is 6.76. The number of carbonyl (C=O) groups is 1. The molecule has 0 bridgehead atoms. The minimum absolute atomic E-state index is 0.0331. The Kier molecular flexibility index (Phi) is 7.71. The molecule has 0 radical (unpaired) electrons. The van der Waals surface area contributed by atoms with Gasteiger partial charge in [-0.2, -0.15) is 0 Å². The summed E-state index contributed by atoms with van der Waals surface area (Å²) in [6.45, 7) is 14.9. The zero-order valence-corrected chi connectivity index (χ0v) is 17.4. The van der Waals surface area contributed by atoms with Crippen LogP contribution >= 0.6 is 0 Å². The van der Waals surface area contributed by atoms with Gasteiger partial charge in [-0.15, -0.1) is 0 Å². The third-order valence-electron chi connectivity index (χ3n) is 5.28. The molecule has 1 aliphatic rings. The first-order valence-corrected chi connectivity index (χ1v) is 9.20. The summed E-state index contributed by atoms with van der Waals surface area (Å²) in [5, 5.41) is 3.61. The van der Waals surface area contributed by atoms with Gasteiger partial charge in [0.1, 0.15) is 5.60 Å². The van der Waals surface area contributed by atoms with Gasteiger partial charge >= 0.3 is 6.09 Å². The topological polar surface area (TPSA) is 60.0 Å². The maximum Gasteiger partial charge on any atom is 0.410 e. The average molecular weight is 359 g/mol. The fraction of sp³-hybridized carbons (Fsp3) is 0.947. The summed E-state index contributed by atoms with van der Waals surface area (Å²) >= 11 is 0. The van der Waals surface area contributed by atoms with Crippen molar-refractivity contribution in [2.24, 2.45) is 5.41 Å². The number of nitrogens with zero attached hydrogens (tertiary/aromatic N) is 1. The monoisotopic (exact) mass is 358 g/mol. The second-order valence-electron chi connectivity index (χ2n) is 8.81. The summed E-state index contributed by atoms with van der Waals surface area (Å²) in [6, 6.07) is 0.218. The number of piperidine rings is 1. The zero-order valence-electron chi connectivity index (χ0n) is 17.4. The molecule has 1 rings (SSSR count). The molecule has 6 heteroatoms. The summed E-state index contributed by atoms with van der Waals surface area (Å²) in [5.74, 6) is 0. The Balaban J connectivity index is 2.63. The van der Waals surface area contributed by atoms with Crippen molar-refractivity contribution in [3.8, 4) is 0 Å². The van der Waals surface area contributed by atoms with Crippen molar-refractivity contribution in [3.63, 3.8) is 0 Å². The molecule has 0 aromatic heterocycles. The van der Waals surface area contributed by atoms with E-state index in [-0.39, 0.29) is 23.2 Å². The van der Waals surface area contributed by atoms with Crippen LogP contribution in [0.15, 0.2) is 0 Å². The van der Waals surface area contributed by atoms with Crippen molar-refractivity contribution in [2.45, 2.75) is 71.6 Å². The van der Waals surface area contributed by atoms with Crippen LogP contribution in [0.2, 0.25) is 0 Å². The molecule has 148 valence electrons. The van der Waals surface area contributed by atoms with Gasteiger partial charge in [-0.25, -0.2) is 4.79 Å². The van der Waals surface area contributed by atoms with E-state index >= 15 is 0 Å². The molecule has 1 aliphatic heterocycles. The molecule has 1 N–H and O–H groups in total. The Bertz CT molecular complexity index is 424. The number of hydrogen-bond donors (Lipinski definition) is 1. The Hall–Kier alpha value is -0.850. The summed E-state index contributed by atoms with van der Waals surface area (Å²) in [4.78, 5) is 14.1. The Morgan fingerprint density at radius 3 is 2.16 bits per heavy atom. The molecule has 1 saturated heterocycles. The molecule has 25 heavy (non-hydrogen) atoms. The van der Waals surface area contributed by atoms with E-state index in [4.69, 9.17) is 14.2 Å². The highest BCUT2D eigenvalue weighted by Gasteiger charge is 2.38. The van der Waals surface area contributed by atoms with E-state index in [0.717, 1.165) is 19.4 Å². The molecule has 0 aromatic rings. The standard InChI is InChI=1S/C19H38N2O4/c1-15(18(5,6)24-8)20-13-19(14-23-7)9-11-21(12-10-19)16(22)25-17(2,3)4/h15,20H,9-14H2,1-8H3. The number of carbonyl (C=O) groups excluding carboxylic acids is 1. The smallest absolute Gasteiger partial charge is 0.410 e. The molecule has 0 aliphatic carbocycles. The van der Waals surface area contributed by atoms with Crippen LogP contribution in [0.3, 0.4) is 0 Å². The molecule has 0 saturated carbocycles. The lowest BCUT2D eigenvalue weighted by molar-refractivity contribution is -0.0236. The predicted molar refractivity (Wildman–Crippen MR) is 99.9 cm³/mol. The van der Waals surface area contributed by atoms with E-state index in [2.05, 4.69) is 26.1 Å². The van der Waals surface area contributed by atoms with E-state index in [0.29, 0.717) is 19.7 Å². The lowest BCUT2D eigenvalue weighted by Gasteiger charge is -2.43. The van der Waals surface area contributed by atoms with Crippen molar-refractivity contribution in [3.05, 3.63) is 0 Å². The van der Waals surface area contributed by atoms with Gasteiger partial charge in [0, 0.05) is 45.3 Å². The van der Waals surface area contributed by atoms with Crippen molar-refractivity contribution < 1.29 is 19.0 Å². The molecule has 0 spiro atoms. The molecular weight excluding hydrogens is 320 g/mol. The SMILES string of the molecule is COCC1(CNC(C)C(C)(C)OC)CCN(C(=O)OC(C)(C)C)CC1. The van der Waals surface area contributed by atoms with Crippen LogP contribution in [0.25, 0.3) is 0 Å². The third-order valence-corrected chi connectivity index (χ3v) is 5.28. The van der Waals surface area contributed by atoms with Crippen LogP contribution in [0.4, 0.5) is 4.79 Å². The van der Waals surface area contributed by atoms with E-state index in [1.165, 1.54) is 0 Å². The van der Waals surface area contributed by atoms with Crippen LogP contribution in [0.1, 0.15) is 54.4 Å². The van der Waals surface area contributed by atoms with Crippen LogP contribution in [-0.4, -0.2) is 68.7 Å². The quantitative estimate of drug-likeness (QED) is 0.758. The Labute approximate surface area is 153 Å². The van der Waals surface area contributed by atoms with E-state index in [1.807, 2.05) is 25.7 Å². The van der Waals surface area contributed by atoms with Gasteiger partial charge < -0.3 is 24.4 Å². The van der Waals surface area contributed by atoms with Crippen LogP contribution in [0, 0.1) is 5.41 Å². The lowest BCUT2D eigenvalue weighted by Crippen LogP contribution is -2.54. The first kappa shape index (κ1) is 22.2. The predicted octanol–water partition coefficient (Wildman–Crippen LogP) is 3.05. The minimum atomic E-state index is -0.457. The molecule has 6 nitrogen and oxygen atoms in total. The fourth-order valence-corrected chi connectivity index (χ4v) is 2.96. The maximum atomic E-state index is 12.3. The Morgan fingerprint density at radius 1 is 1.16 bits per heavy atom. The second kappa shape index (κ2) is 8.69. The van der Waals surface area contributed by atoms with Crippen molar-refractivity contribution in [1.82, 2.24) is 10.2 Å². The summed E-state index contributed by atoms with van der Waals surface area (Å²) in [5.41, 5.74) is -0.655. The highest BCUT2D eigenvalue weighted by molar-refractivity contribution is 5.68. The number of amides is 1. The molecule has 0 aromatic carbocycles. The van der Waals surface area contributed by atoms with Gasteiger partial charge in [-0.05, 0) is 54.4 Å². The molecular formula is C19H38N2O4. The van der Waals surface area contributed by atoms with Crippen molar-refractivity contribution in [1.29, 1.82) is 0 Å². The molecule has 1 heterocycles. The average Bonchev–Trinajstić information content (AvgIpc) is 2.52. The number of likely N-dealkylation sites (tertiary alicyclic amines) is 1. The van der Waals surface area contributed by atoms with Gasteiger partial charge in [0.05, 0.1) is 12.2 Å². The van der Waals surface area contributed by atoms with Crippen LogP contribution < -0.4 is 5.32 Å². The number of methoxy groups -OCH3 is 2. The van der Waals surface area contributed by atoms with Crippen LogP contribution in [-0.2, 0) is 14.2 Å². The lowest BCUT2D eigenvalue weighted by atomic mass is 9.78. The van der Waals surface area contributed by atoms with Crippen LogP contribution in [0.5, 0.6) is 0 Å². The summed E-state index contributed by atoms with van der Waals surface area (Å²) in [7, 11) is 3.48. The van der Waals surface area contributed by atoms with E-state index < -0.39 is 5.60 Å². The normalized spacial score (nSPS) is 19.6. The van der Waals surface area contributed by atoms with Crippen molar-refractivity contribution >= 4 is 6.09 Å². The van der Waals surface area contributed by atoms with E-state index in [9.17, 15) is 4.79 Å². The van der Waals surface area contributed by atoms with Gasteiger partial charge in [-0.3, -0.25) is 0 Å². The fourth-order valence-electron chi connectivity index (χ4n) is 2.96. The summed E-state index contributed by atoms with van der Waals surface area (Å²) < 4.78 is 16.5. The molecule has 1 fully saturated rings. The van der Waals surface area contributed by atoms with Gasteiger partial charge in [0.25, 0.3) is 0 Å². The molecule has 1 atom stereocenters. The summed E-state index contributed by atoms with van der Waals surface area (Å²) in [6.07, 6.45) is 1.57. The highest BCUT2D eigenvalue weighted by atomic mass is 16.6. The van der Waals surface area contributed by atoms with Gasteiger partial charge in [-0.1, -0.05) is 0 Å². The highest BCUT2D eigenvalue weighted by Crippen LogP contribution is 2.32. The molecule has 1 amide bonds. The number of ether oxygens (including phenoxy) is 3. The first-order valence-electron chi connectivity index (χ1n) is 9.20. The number of rotatable bonds is 7.